The molecule has 0 aliphatic heterocycles. The number of methoxy groups -OCH3 is 1. The molecule has 2 rings (SSSR count). The Balaban J connectivity index is 2.16. The minimum Gasteiger partial charge on any atom is -0.481 e. The Kier molecular flexibility index (Phi) is 4.20. The maximum atomic E-state index is 7.47. The van der Waals surface area contributed by atoms with Crippen LogP contribution in [0.5, 0.6) is 5.88 Å². The van der Waals surface area contributed by atoms with Crippen molar-refractivity contribution in [3.05, 3.63) is 53.6 Å². The fourth-order valence-electron chi connectivity index (χ4n) is 1.92. The fourth-order valence-corrected chi connectivity index (χ4v) is 1.92. The molecule has 1 aromatic carbocycles. The summed E-state index contributed by atoms with van der Waals surface area (Å²) in [5.41, 5.74) is 7.31. The molecule has 104 valence electrons. The Morgan fingerprint density at radius 3 is 2.75 bits per heavy atom. The molecule has 0 radical (unpaired) electrons. The number of hydrogen-bond donors (Lipinski definition) is 2. The van der Waals surface area contributed by atoms with Crippen LogP contribution in [0.3, 0.4) is 0 Å². The lowest BCUT2D eigenvalue weighted by Gasteiger charge is -2.19. The van der Waals surface area contributed by atoms with E-state index in [0.717, 1.165) is 16.9 Å². The lowest BCUT2D eigenvalue weighted by molar-refractivity contribution is 0.398. The van der Waals surface area contributed by atoms with E-state index in [4.69, 9.17) is 15.9 Å². The van der Waals surface area contributed by atoms with E-state index in [1.165, 1.54) is 0 Å². The average molecular weight is 270 g/mol. The zero-order valence-corrected chi connectivity index (χ0v) is 11.6. The van der Waals surface area contributed by atoms with Crippen LogP contribution in [0.4, 0.5) is 5.82 Å². The average Bonchev–Trinajstić information content (AvgIpc) is 2.47. The van der Waals surface area contributed by atoms with Crippen LogP contribution in [0.1, 0.15) is 11.1 Å². The minimum absolute atomic E-state index is 0.0778. The van der Waals surface area contributed by atoms with Gasteiger partial charge >= 0.3 is 0 Å². The number of anilines is 1. The predicted octanol–water partition coefficient (Wildman–Crippen LogP) is 2.01. The van der Waals surface area contributed by atoms with Gasteiger partial charge in [-0.3, -0.25) is 5.41 Å². The molecule has 0 aliphatic carbocycles. The zero-order chi connectivity index (χ0) is 14.5. The first-order chi connectivity index (χ1) is 9.60. The number of ether oxygens (including phenoxy) is 1. The van der Waals surface area contributed by atoms with E-state index in [1.807, 2.05) is 54.4 Å². The molecule has 0 spiro atoms. The van der Waals surface area contributed by atoms with Crippen molar-refractivity contribution in [1.29, 1.82) is 5.41 Å². The van der Waals surface area contributed by atoms with Gasteiger partial charge in [0.1, 0.15) is 11.7 Å². The van der Waals surface area contributed by atoms with Crippen LogP contribution in [-0.4, -0.2) is 25.0 Å². The van der Waals surface area contributed by atoms with Gasteiger partial charge in [-0.1, -0.05) is 24.3 Å². The third-order valence-electron chi connectivity index (χ3n) is 2.97. The third kappa shape index (κ3) is 3.26. The molecule has 0 aliphatic rings. The molecule has 0 bridgehead atoms. The van der Waals surface area contributed by atoms with Crippen LogP contribution >= 0.6 is 0 Å². The van der Waals surface area contributed by atoms with Crippen LogP contribution < -0.4 is 15.4 Å². The van der Waals surface area contributed by atoms with Crippen molar-refractivity contribution >= 4 is 11.7 Å². The van der Waals surface area contributed by atoms with E-state index in [0.29, 0.717) is 12.4 Å². The summed E-state index contributed by atoms with van der Waals surface area (Å²) < 4.78 is 5.12. The molecule has 0 unspecified atom stereocenters. The maximum absolute atomic E-state index is 7.47. The van der Waals surface area contributed by atoms with Gasteiger partial charge in [-0.15, -0.1) is 0 Å². The molecule has 0 atom stereocenters. The molecule has 1 aromatic heterocycles. The number of benzene rings is 1. The molecule has 0 saturated heterocycles. The number of pyridine rings is 1. The fraction of sp³-hybridized carbons (Fsp3) is 0.200. The van der Waals surface area contributed by atoms with Crippen molar-refractivity contribution in [3.63, 3.8) is 0 Å². The van der Waals surface area contributed by atoms with E-state index < -0.39 is 0 Å². The summed E-state index contributed by atoms with van der Waals surface area (Å²) in [5.74, 6) is 1.50. The molecule has 2 aromatic rings. The van der Waals surface area contributed by atoms with E-state index in [2.05, 4.69) is 4.98 Å². The smallest absolute Gasteiger partial charge is 0.214 e. The number of nitrogens with two attached hydrogens (primary N) is 1. The van der Waals surface area contributed by atoms with Crippen molar-refractivity contribution in [3.8, 4) is 5.88 Å². The quantitative estimate of drug-likeness (QED) is 0.643. The van der Waals surface area contributed by atoms with Gasteiger partial charge in [0.05, 0.1) is 7.11 Å². The summed E-state index contributed by atoms with van der Waals surface area (Å²) in [6.45, 7) is 0.682. The molecular formula is C15H18N4O. The van der Waals surface area contributed by atoms with Gasteiger partial charge in [-0.25, -0.2) is 0 Å². The second-order valence-corrected chi connectivity index (χ2v) is 4.51. The van der Waals surface area contributed by atoms with Crippen molar-refractivity contribution < 1.29 is 4.74 Å². The van der Waals surface area contributed by atoms with E-state index >= 15 is 0 Å². The second-order valence-electron chi connectivity index (χ2n) is 4.51. The first kappa shape index (κ1) is 13.9. The van der Waals surface area contributed by atoms with Gasteiger partial charge in [0, 0.05) is 25.2 Å². The normalized spacial score (nSPS) is 10.1. The van der Waals surface area contributed by atoms with E-state index in [9.17, 15) is 0 Å². The highest BCUT2D eigenvalue weighted by molar-refractivity contribution is 5.95. The molecule has 1 heterocycles. The number of aromatic nitrogens is 1. The highest BCUT2D eigenvalue weighted by atomic mass is 16.5. The van der Waals surface area contributed by atoms with Crippen molar-refractivity contribution in [2.75, 3.05) is 19.1 Å². The van der Waals surface area contributed by atoms with Gasteiger partial charge in [0.2, 0.25) is 5.88 Å². The lowest BCUT2D eigenvalue weighted by atomic mass is 10.1. The summed E-state index contributed by atoms with van der Waals surface area (Å²) in [7, 11) is 3.56. The lowest BCUT2D eigenvalue weighted by Crippen LogP contribution is -2.18. The summed E-state index contributed by atoms with van der Waals surface area (Å²) in [4.78, 5) is 6.40. The first-order valence-corrected chi connectivity index (χ1v) is 6.25. The van der Waals surface area contributed by atoms with Gasteiger partial charge in [-0.05, 0) is 17.7 Å². The number of nitrogens with one attached hydrogen (secondary N) is 1. The van der Waals surface area contributed by atoms with Crippen molar-refractivity contribution in [1.82, 2.24) is 4.98 Å². The highest BCUT2D eigenvalue weighted by Crippen LogP contribution is 2.17. The molecule has 5 heteroatoms. The van der Waals surface area contributed by atoms with Crippen LogP contribution in [0.15, 0.2) is 42.5 Å². The molecule has 3 N–H and O–H groups in total. The van der Waals surface area contributed by atoms with Gasteiger partial charge in [-0.2, -0.15) is 4.98 Å². The van der Waals surface area contributed by atoms with Crippen LogP contribution in [0.25, 0.3) is 0 Å². The topological polar surface area (TPSA) is 75.2 Å². The zero-order valence-electron chi connectivity index (χ0n) is 11.6. The summed E-state index contributed by atoms with van der Waals surface area (Å²) >= 11 is 0. The van der Waals surface area contributed by atoms with Gasteiger partial charge < -0.3 is 15.4 Å². The Labute approximate surface area is 118 Å². The Morgan fingerprint density at radius 2 is 2.05 bits per heavy atom. The largest absolute Gasteiger partial charge is 0.481 e. The predicted molar refractivity (Wildman–Crippen MR) is 80.4 cm³/mol. The Morgan fingerprint density at radius 1 is 1.30 bits per heavy atom. The number of nitrogens with zero attached hydrogens (tertiary/aromatic N) is 2. The van der Waals surface area contributed by atoms with Crippen molar-refractivity contribution in [2.45, 2.75) is 6.54 Å². The highest BCUT2D eigenvalue weighted by Gasteiger charge is 2.06. The van der Waals surface area contributed by atoms with Gasteiger partial charge in [0.15, 0.2) is 0 Å². The molecule has 0 amide bonds. The molecular weight excluding hydrogens is 252 g/mol. The summed E-state index contributed by atoms with van der Waals surface area (Å²) in [6, 6.07) is 13.3. The SMILES string of the molecule is COc1cccc(N(C)Cc2cccc(C(=N)N)c2)n1. The van der Waals surface area contributed by atoms with Crippen LogP contribution in [-0.2, 0) is 6.54 Å². The summed E-state index contributed by atoms with van der Waals surface area (Å²) in [6.07, 6.45) is 0. The first-order valence-electron chi connectivity index (χ1n) is 6.25. The number of hydrogen-bond acceptors (Lipinski definition) is 4. The molecule has 20 heavy (non-hydrogen) atoms. The number of amidine groups is 1. The maximum Gasteiger partial charge on any atom is 0.214 e. The van der Waals surface area contributed by atoms with Crippen LogP contribution in [0, 0.1) is 5.41 Å². The third-order valence-corrected chi connectivity index (χ3v) is 2.97. The van der Waals surface area contributed by atoms with Crippen LogP contribution in [0.2, 0.25) is 0 Å². The minimum atomic E-state index is 0.0778. The summed E-state index contributed by atoms with van der Waals surface area (Å²) in [5, 5.41) is 7.47. The second kappa shape index (κ2) is 6.06. The van der Waals surface area contributed by atoms with Crippen molar-refractivity contribution in [2.24, 2.45) is 5.73 Å². The Hall–Kier alpha value is -2.56. The number of rotatable bonds is 5. The Bertz CT molecular complexity index is 612. The van der Waals surface area contributed by atoms with Gasteiger partial charge in [0.25, 0.3) is 0 Å². The molecule has 5 nitrogen and oxygen atoms in total. The number of nitrogen functional groups attached to an aromatic ring is 1. The van der Waals surface area contributed by atoms with E-state index in [1.54, 1.807) is 7.11 Å². The molecule has 0 saturated carbocycles. The standard InChI is InChI=1S/C15H18N4O/c1-19(13-7-4-8-14(18-13)20-2)10-11-5-3-6-12(9-11)15(16)17/h3-9H,10H2,1-2H3,(H3,16,17). The molecule has 0 fully saturated rings. The monoisotopic (exact) mass is 270 g/mol. The van der Waals surface area contributed by atoms with E-state index in [-0.39, 0.29) is 5.84 Å².